The number of aliphatic hydroxyl groups is 1. The topological polar surface area (TPSA) is 49.8 Å². The van der Waals surface area contributed by atoms with Crippen LogP contribution in [0.1, 0.15) is 26.7 Å². The van der Waals surface area contributed by atoms with Gasteiger partial charge in [0.15, 0.2) is 0 Å². The molecule has 15 heavy (non-hydrogen) atoms. The van der Waals surface area contributed by atoms with Crippen molar-refractivity contribution in [2.24, 2.45) is 5.92 Å². The predicted octanol–water partition coefficient (Wildman–Crippen LogP) is 0.641. The molecule has 0 saturated heterocycles. The summed E-state index contributed by atoms with van der Waals surface area (Å²) in [6, 6.07) is 0. The lowest BCUT2D eigenvalue weighted by Gasteiger charge is -2.36. The normalized spacial score (nSPS) is 25.9. The van der Waals surface area contributed by atoms with Gasteiger partial charge in [-0.15, -0.1) is 0 Å². The van der Waals surface area contributed by atoms with Crippen LogP contribution in [0.2, 0.25) is 0 Å². The van der Waals surface area contributed by atoms with E-state index in [9.17, 15) is 4.79 Å². The molecule has 0 bridgehead atoms. The smallest absolute Gasteiger partial charge is 0.253 e. The zero-order valence-corrected chi connectivity index (χ0v) is 9.99. The Kier molecular flexibility index (Phi) is 3.73. The van der Waals surface area contributed by atoms with Gasteiger partial charge in [0.05, 0.1) is 6.10 Å². The molecule has 1 aliphatic rings. The maximum atomic E-state index is 11.9. The summed E-state index contributed by atoms with van der Waals surface area (Å²) >= 11 is 0. The average Bonchev–Trinajstić information content (AvgIpc) is 2.14. The van der Waals surface area contributed by atoms with Crippen LogP contribution in [0.3, 0.4) is 0 Å². The number of carbonyl (C=O) groups is 1. The Labute approximate surface area is 91.2 Å². The van der Waals surface area contributed by atoms with Crippen LogP contribution in [-0.2, 0) is 9.53 Å². The fourth-order valence-electron chi connectivity index (χ4n) is 1.87. The molecule has 0 atom stereocenters. The van der Waals surface area contributed by atoms with Gasteiger partial charge in [0.25, 0.3) is 5.91 Å². The quantitative estimate of drug-likeness (QED) is 0.748. The molecule has 4 heteroatoms. The molecular weight excluding hydrogens is 194 g/mol. The second-order valence-electron chi connectivity index (χ2n) is 4.89. The van der Waals surface area contributed by atoms with E-state index in [1.807, 2.05) is 0 Å². The molecule has 0 aliphatic heterocycles. The number of ether oxygens (including phenoxy) is 1. The Morgan fingerprint density at radius 1 is 1.53 bits per heavy atom. The third kappa shape index (κ3) is 2.92. The lowest BCUT2D eigenvalue weighted by Crippen LogP contribution is -2.48. The highest BCUT2D eigenvalue weighted by Gasteiger charge is 2.34. The van der Waals surface area contributed by atoms with E-state index >= 15 is 0 Å². The molecule has 0 spiro atoms. The first-order valence-corrected chi connectivity index (χ1v) is 5.35. The van der Waals surface area contributed by atoms with Gasteiger partial charge in [0.1, 0.15) is 5.60 Å². The minimum atomic E-state index is -0.753. The van der Waals surface area contributed by atoms with Crippen molar-refractivity contribution in [3.05, 3.63) is 0 Å². The van der Waals surface area contributed by atoms with Crippen molar-refractivity contribution in [2.45, 2.75) is 38.4 Å². The van der Waals surface area contributed by atoms with Crippen LogP contribution in [0.4, 0.5) is 0 Å². The van der Waals surface area contributed by atoms with Gasteiger partial charge >= 0.3 is 0 Å². The number of aliphatic hydroxyl groups excluding tert-OH is 1. The van der Waals surface area contributed by atoms with E-state index in [-0.39, 0.29) is 12.0 Å². The fourth-order valence-corrected chi connectivity index (χ4v) is 1.87. The molecule has 0 aromatic heterocycles. The summed E-state index contributed by atoms with van der Waals surface area (Å²) < 4.78 is 5.13. The highest BCUT2D eigenvalue weighted by atomic mass is 16.5. The van der Waals surface area contributed by atoms with Crippen molar-refractivity contribution in [3.8, 4) is 0 Å². The minimum Gasteiger partial charge on any atom is -0.393 e. The third-order valence-electron chi connectivity index (χ3n) is 3.11. The number of carbonyl (C=O) groups excluding carboxylic acids is 1. The van der Waals surface area contributed by atoms with Crippen molar-refractivity contribution in [2.75, 3.05) is 20.7 Å². The molecule has 1 saturated carbocycles. The summed E-state index contributed by atoms with van der Waals surface area (Å²) in [5.74, 6) is 0.438. The van der Waals surface area contributed by atoms with Crippen LogP contribution in [0.15, 0.2) is 0 Å². The van der Waals surface area contributed by atoms with Gasteiger partial charge in [-0.1, -0.05) is 0 Å². The van der Waals surface area contributed by atoms with Gasteiger partial charge in [0.2, 0.25) is 0 Å². The first kappa shape index (κ1) is 12.5. The van der Waals surface area contributed by atoms with E-state index in [0.717, 1.165) is 12.8 Å². The summed E-state index contributed by atoms with van der Waals surface area (Å²) in [6.45, 7) is 4.24. The van der Waals surface area contributed by atoms with Crippen molar-refractivity contribution >= 4 is 5.91 Å². The van der Waals surface area contributed by atoms with Crippen LogP contribution in [0.5, 0.6) is 0 Å². The van der Waals surface area contributed by atoms with E-state index in [1.54, 1.807) is 32.9 Å². The monoisotopic (exact) mass is 215 g/mol. The van der Waals surface area contributed by atoms with Gasteiger partial charge in [-0.05, 0) is 32.6 Å². The number of likely N-dealkylation sites (N-methyl/N-ethyl adjacent to an activating group) is 1. The van der Waals surface area contributed by atoms with Crippen LogP contribution in [0, 0.1) is 5.92 Å². The van der Waals surface area contributed by atoms with Crippen molar-refractivity contribution in [3.63, 3.8) is 0 Å². The Morgan fingerprint density at radius 2 is 2.07 bits per heavy atom. The van der Waals surface area contributed by atoms with E-state index in [1.165, 1.54) is 0 Å². The van der Waals surface area contributed by atoms with E-state index in [4.69, 9.17) is 9.84 Å². The molecule has 0 aromatic rings. The van der Waals surface area contributed by atoms with Gasteiger partial charge < -0.3 is 14.7 Å². The number of hydrogen-bond donors (Lipinski definition) is 1. The standard InChI is InChI=1S/C11H21NO3/c1-11(2,15-4)10(14)12(3)7-8-5-9(13)6-8/h8-9,13H,5-7H2,1-4H3. The maximum Gasteiger partial charge on any atom is 0.253 e. The first-order chi connectivity index (χ1) is 6.86. The number of methoxy groups -OCH3 is 1. The molecule has 4 nitrogen and oxygen atoms in total. The lowest BCUT2D eigenvalue weighted by atomic mass is 9.82. The molecule has 1 fully saturated rings. The predicted molar refractivity (Wildman–Crippen MR) is 57.5 cm³/mol. The van der Waals surface area contributed by atoms with Crippen molar-refractivity contribution in [1.82, 2.24) is 4.90 Å². The lowest BCUT2D eigenvalue weighted by molar-refractivity contribution is -0.151. The number of amides is 1. The molecule has 0 aromatic carbocycles. The molecule has 1 aliphatic carbocycles. The SMILES string of the molecule is COC(C)(C)C(=O)N(C)CC1CC(O)C1. The van der Waals surface area contributed by atoms with Crippen molar-refractivity contribution < 1.29 is 14.6 Å². The average molecular weight is 215 g/mol. The highest BCUT2D eigenvalue weighted by molar-refractivity contribution is 5.84. The molecule has 88 valence electrons. The molecule has 1 rings (SSSR count). The number of nitrogens with zero attached hydrogens (tertiary/aromatic N) is 1. The Hall–Kier alpha value is -0.610. The second-order valence-corrected chi connectivity index (χ2v) is 4.89. The summed E-state index contributed by atoms with van der Waals surface area (Å²) in [6.07, 6.45) is 1.46. The zero-order valence-electron chi connectivity index (χ0n) is 9.99. The maximum absolute atomic E-state index is 11.9. The summed E-state index contributed by atoms with van der Waals surface area (Å²) in [5, 5.41) is 9.15. The molecule has 0 unspecified atom stereocenters. The fraction of sp³-hybridized carbons (Fsp3) is 0.909. The van der Waals surface area contributed by atoms with E-state index in [0.29, 0.717) is 12.5 Å². The molecule has 1 N–H and O–H groups in total. The molecule has 1 amide bonds. The second kappa shape index (κ2) is 4.49. The van der Waals surface area contributed by atoms with Crippen LogP contribution >= 0.6 is 0 Å². The highest BCUT2D eigenvalue weighted by Crippen LogP contribution is 2.28. The third-order valence-corrected chi connectivity index (χ3v) is 3.11. The molecular formula is C11H21NO3. The summed E-state index contributed by atoms with van der Waals surface area (Å²) in [7, 11) is 3.33. The van der Waals surface area contributed by atoms with Gasteiger partial charge in [-0.25, -0.2) is 0 Å². The minimum absolute atomic E-state index is 0.00797. The molecule has 0 heterocycles. The first-order valence-electron chi connectivity index (χ1n) is 5.35. The Balaban J connectivity index is 2.40. The van der Waals surface area contributed by atoms with Gasteiger partial charge in [0, 0.05) is 20.7 Å². The summed E-state index contributed by atoms with van der Waals surface area (Å²) in [5.41, 5.74) is -0.753. The van der Waals surface area contributed by atoms with Crippen LogP contribution in [-0.4, -0.2) is 48.3 Å². The summed E-state index contributed by atoms with van der Waals surface area (Å²) in [4.78, 5) is 13.6. The van der Waals surface area contributed by atoms with Crippen molar-refractivity contribution in [1.29, 1.82) is 0 Å². The van der Waals surface area contributed by atoms with Gasteiger partial charge in [-0.3, -0.25) is 4.79 Å². The van der Waals surface area contributed by atoms with Gasteiger partial charge in [-0.2, -0.15) is 0 Å². The molecule has 0 radical (unpaired) electrons. The van der Waals surface area contributed by atoms with E-state index in [2.05, 4.69) is 0 Å². The number of rotatable bonds is 4. The van der Waals surface area contributed by atoms with Crippen LogP contribution < -0.4 is 0 Å². The largest absolute Gasteiger partial charge is 0.393 e. The van der Waals surface area contributed by atoms with E-state index < -0.39 is 5.60 Å². The Morgan fingerprint density at radius 3 is 2.47 bits per heavy atom. The van der Waals surface area contributed by atoms with Crippen LogP contribution in [0.25, 0.3) is 0 Å². The Bertz CT molecular complexity index is 234. The zero-order chi connectivity index (χ0) is 11.6. The number of hydrogen-bond acceptors (Lipinski definition) is 3.